The average Bonchev–Trinajstić information content (AvgIpc) is 2.19. The lowest BCUT2D eigenvalue weighted by atomic mass is 9.79. The topological polar surface area (TPSA) is 9.23 Å². The molecule has 1 atom stereocenters. The molecule has 1 aromatic rings. The SMILES string of the molecule is CCC(OC)C(C)(C)Cc1ccccc1. The molecule has 1 aromatic carbocycles. The Kier molecular flexibility index (Phi) is 4.34. The first-order chi connectivity index (χ1) is 7.10. The van der Waals surface area contributed by atoms with Crippen molar-refractivity contribution < 1.29 is 4.74 Å². The molecule has 15 heavy (non-hydrogen) atoms. The summed E-state index contributed by atoms with van der Waals surface area (Å²) in [5.41, 5.74) is 1.59. The van der Waals surface area contributed by atoms with Crippen LogP contribution >= 0.6 is 0 Å². The molecule has 0 radical (unpaired) electrons. The van der Waals surface area contributed by atoms with E-state index in [4.69, 9.17) is 4.74 Å². The van der Waals surface area contributed by atoms with Crippen LogP contribution in [0.5, 0.6) is 0 Å². The summed E-state index contributed by atoms with van der Waals surface area (Å²) in [4.78, 5) is 0. The molecule has 1 rings (SSSR count). The summed E-state index contributed by atoms with van der Waals surface area (Å²) in [5, 5.41) is 0. The normalized spacial score (nSPS) is 13.9. The smallest absolute Gasteiger partial charge is 0.0622 e. The minimum absolute atomic E-state index is 0.199. The number of hydrogen-bond donors (Lipinski definition) is 0. The van der Waals surface area contributed by atoms with Crippen LogP contribution in [0.15, 0.2) is 30.3 Å². The summed E-state index contributed by atoms with van der Waals surface area (Å²) in [5.74, 6) is 0. The minimum atomic E-state index is 0.199. The van der Waals surface area contributed by atoms with Gasteiger partial charge in [-0.1, -0.05) is 51.1 Å². The first-order valence-electron chi connectivity index (χ1n) is 5.67. The second-order valence-electron chi connectivity index (χ2n) is 4.78. The van der Waals surface area contributed by atoms with Crippen molar-refractivity contribution in [2.75, 3.05) is 7.11 Å². The van der Waals surface area contributed by atoms with Gasteiger partial charge >= 0.3 is 0 Å². The minimum Gasteiger partial charge on any atom is -0.381 e. The number of hydrogen-bond acceptors (Lipinski definition) is 1. The van der Waals surface area contributed by atoms with Crippen LogP contribution in [0.2, 0.25) is 0 Å². The van der Waals surface area contributed by atoms with E-state index in [2.05, 4.69) is 51.1 Å². The van der Waals surface area contributed by atoms with Crippen LogP contribution in [0, 0.1) is 5.41 Å². The molecule has 84 valence electrons. The highest BCUT2D eigenvalue weighted by atomic mass is 16.5. The monoisotopic (exact) mass is 206 g/mol. The Morgan fingerprint density at radius 2 is 1.80 bits per heavy atom. The standard InChI is InChI=1S/C14H22O/c1-5-13(15-4)14(2,3)11-12-9-7-6-8-10-12/h6-10,13H,5,11H2,1-4H3. The number of rotatable bonds is 5. The molecule has 0 bridgehead atoms. The summed E-state index contributed by atoms with van der Waals surface area (Å²) in [6.45, 7) is 6.73. The maximum atomic E-state index is 5.54. The van der Waals surface area contributed by atoms with E-state index in [1.165, 1.54) is 5.56 Å². The predicted octanol–water partition coefficient (Wildman–Crippen LogP) is 3.68. The molecule has 0 aliphatic carbocycles. The molecule has 0 aliphatic rings. The van der Waals surface area contributed by atoms with Gasteiger partial charge in [0.2, 0.25) is 0 Å². The highest BCUT2D eigenvalue weighted by Gasteiger charge is 2.28. The van der Waals surface area contributed by atoms with Crippen molar-refractivity contribution in [2.45, 2.75) is 39.7 Å². The van der Waals surface area contributed by atoms with Crippen LogP contribution in [0.4, 0.5) is 0 Å². The number of methoxy groups -OCH3 is 1. The Bertz CT molecular complexity index is 273. The van der Waals surface area contributed by atoms with Gasteiger partial charge in [-0.3, -0.25) is 0 Å². The fourth-order valence-corrected chi connectivity index (χ4v) is 2.27. The summed E-state index contributed by atoms with van der Waals surface area (Å²) in [7, 11) is 1.81. The number of ether oxygens (including phenoxy) is 1. The molecule has 0 aliphatic heterocycles. The van der Waals surface area contributed by atoms with Crippen LogP contribution in [-0.4, -0.2) is 13.2 Å². The Morgan fingerprint density at radius 1 is 1.20 bits per heavy atom. The van der Waals surface area contributed by atoms with E-state index in [-0.39, 0.29) is 5.41 Å². The fourth-order valence-electron chi connectivity index (χ4n) is 2.27. The molecule has 0 fully saturated rings. The van der Waals surface area contributed by atoms with E-state index >= 15 is 0 Å². The van der Waals surface area contributed by atoms with Gasteiger partial charge in [-0.05, 0) is 23.8 Å². The van der Waals surface area contributed by atoms with Crippen molar-refractivity contribution in [2.24, 2.45) is 5.41 Å². The van der Waals surface area contributed by atoms with Crippen molar-refractivity contribution in [3.63, 3.8) is 0 Å². The van der Waals surface area contributed by atoms with Gasteiger partial charge in [-0.15, -0.1) is 0 Å². The van der Waals surface area contributed by atoms with Crippen LogP contribution < -0.4 is 0 Å². The Balaban J connectivity index is 2.71. The van der Waals surface area contributed by atoms with Crippen molar-refractivity contribution in [1.82, 2.24) is 0 Å². The van der Waals surface area contributed by atoms with Crippen LogP contribution in [-0.2, 0) is 11.2 Å². The van der Waals surface area contributed by atoms with Gasteiger partial charge in [0.25, 0.3) is 0 Å². The highest BCUT2D eigenvalue weighted by molar-refractivity contribution is 5.16. The van der Waals surface area contributed by atoms with Gasteiger partial charge in [0.15, 0.2) is 0 Å². The molecule has 0 saturated heterocycles. The summed E-state index contributed by atoms with van der Waals surface area (Å²) < 4.78 is 5.54. The molecular formula is C14H22O. The summed E-state index contributed by atoms with van der Waals surface area (Å²) in [6, 6.07) is 10.6. The quantitative estimate of drug-likeness (QED) is 0.714. The Labute approximate surface area is 93.5 Å². The fraction of sp³-hybridized carbons (Fsp3) is 0.571. The molecular weight excluding hydrogens is 184 g/mol. The summed E-state index contributed by atoms with van der Waals surface area (Å²) >= 11 is 0. The Hall–Kier alpha value is -0.820. The molecule has 0 aromatic heterocycles. The third kappa shape index (κ3) is 3.35. The third-order valence-corrected chi connectivity index (χ3v) is 3.03. The first kappa shape index (κ1) is 12.3. The van der Waals surface area contributed by atoms with Crippen molar-refractivity contribution in [3.8, 4) is 0 Å². The van der Waals surface area contributed by atoms with Crippen molar-refractivity contribution >= 4 is 0 Å². The van der Waals surface area contributed by atoms with Crippen molar-refractivity contribution in [3.05, 3.63) is 35.9 Å². The van der Waals surface area contributed by atoms with Gasteiger partial charge in [0.05, 0.1) is 6.10 Å². The zero-order chi connectivity index (χ0) is 11.3. The zero-order valence-electron chi connectivity index (χ0n) is 10.3. The Morgan fingerprint density at radius 3 is 2.27 bits per heavy atom. The van der Waals surface area contributed by atoms with E-state index in [1.807, 2.05) is 0 Å². The lowest BCUT2D eigenvalue weighted by Gasteiger charge is -2.32. The molecule has 0 spiro atoms. The molecule has 1 nitrogen and oxygen atoms in total. The van der Waals surface area contributed by atoms with E-state index in [0.717, 1.165) is 12.8 Å². The average molecular weight is 206 g/mol. The summed E-state index contributed by atoms with van der Waals surface area (Å²) in [6.07, 6.45) is 2.47. The third-order valence-electron chi connectivity index (χ3n) is 3.03. The van der Waals surface area contributed by atoms with E-state index in [0.29, 0.717) is 6.10 Å². The largest absolute Gasteiger partial charge is 0.381 e. The molecule has 0 saturated carbocycles. The molecule has 1 unspecified atom stereocenters. The molecule has 0 N–H and O–H groups in total. The van der Waals surface area contributed by atoms with E-state index < -0.39 is 0 Å². The van der Waals surface area contributed by atoms with Gasteiger partial charge < -0.3 is 4.74 Å². The highest BCUT2D eigenvalue weighted by Crippen LogP contribution is 2.29. The van der Waals surface area contributed by atoms with E-state index in [1.54, 1.807) is 7.11 Å². The maximum absolute atomic E-state index is 5.54. The maximum Gasteiger partial charge on any atom is 0.0622 e. The van der Waals surface area contributed by atoms with Crippen LogP contribution in [0.25, 0.3) is 0 Å². The molecule has 0 amide bonds. The lowest BCUT2D eigenvalue weighted by Crippen LogP contribution is -2.32. The van der Waals surface area contributed by atoms with Crippen LogP contribution in [0.3, 0.4) is 0 Å². The van der Waals surface area contributed by atoms with Gasteiger partial charge in [0.1, 0.15) is 0 Å². The van der Waals surface area contributed by atoms with Crippen LogP contribution in [0.1, 0.15) is 32.8 Å². The second kappa shape index (κ2) is 5.32. The van der Waals surface area contributed by atoms with E-state index in [9.17, 15) is 0 Å². The molecule has 1 heteroatoms. The lowest BCUT2D eigenvalue weighted by molar-refractivity contribution is 0.00459. The molecule has 0 heterocycles. The zero-order valence-corrected chi connectivity index (χ0v) is 10.3. The van der Waals surface area contributed by atoms with Gasteiger partial charge in [-0.25, -0.2) is 0 Å². The number of benzene rings is 1. The first-order valence-corrected chi connectivity index (χ1v) is 5.67. The predicted molar refractivity (Wildman–Crippen MR) is 65.0 cm³/mol. The van der Waals surface area contributed by atoms with Gasteiger partial charge in [0, 0.05) is 7.11 Å². The van der Waals surface area contributed by atoms with Gasteiger partial charge in [-0.2, -0.15) is 0 Å². The van der Waals surface area contributed by atoms with Crippen molar-refractivity contribution in [1.29, 1.82) is 0 Å². The second-order valence-corrected chi connectivity index (χ2v) is 4.78.